The topological polar surface area (TPSA) is 46.6 Å². The molecule has 0 fully saturated rings. The van der Waals surface area contributed by atoms with E-state index in [1.807, 2.05) is 38.1 Å². The van der Waals surface area contributed by atoms with Gasteiger partial charge in [0.1, 0.15) is 12.4 Å². The third kappa shape index (κ3) is 5.31. The second kappa shape index (κ2) is 7.86. The van der Waals surface area contributed by atoms with E-state index in [1.54, 1.807) is 7.05 Å². The lowest BCUT2D eigenvalue weighted by Crippen LogP contribution is -2.34. The first kappa shape index (κ1) is 17.3. The minimum Gasteiger partial charge on any atom is -0.492 e. The van der Waals surface area contributed by atoms with Crippen molar-refractivity contribution in [2.75, 3.05) is 31.8 Å². The van der Waals surface area contributed by atoms with Crippen molar-refractivity contribution in [1.82, 2.24) is 4.31 Å². The highest BCUT2D eigenvalue weighted by molar-refractivity contribution is 7.89. The molecule has 4 nitrogen and oxygen atoms in total. The third-order valence-electron chi connectivity index (χ3n) is 2.99. The maximum atomic E-state index is 12.0. The van der Waals surface area contributed by atoms with Crippen LogP contribution >= 0.6 is 11.6 Å². The molecule has 0 aliphatic heterocycles. The molecule has 1 rings (SSSR count). The molecule has 1 aromatic carbocycles. The molecule has 0 N–H and O–H groups in total. The van der Waals surface area contributed by atoms with Crippen LogP contribution < -0.4 is 4.74 Å². The number of benzene rings is 1. The molecule has 0 radical (unpaired) electrons. The summed E-state index contributed by atoms with van der Waals surface area (Å²) in [4.78, 5) is 0. The van der Waals surface area contributed by atoms with Gasteiger partial charge in [-0.2, -0.15) is 0 Å². The van der Waals surface area contributed by atoms with Crippen LogP contribution in [0, 0.1) is 12.8 Å². The van der Waals surface area contributed by atoms with Gasteiger partial charge in [0.2, 0.25) is 10.0 Å². The van der Waals surface area contributed by atoms with Gasteiger partial charge in [-0.15, -0.1) is 11.6 Å². The number of sulfonamides is 1. The van der Waals surface area contributed by atoms with Gasteiger partial charge in [-0.3, -0.25) is 0 Å². The Kier molecular flexibility index (Phi) is 6.79. The van der Waals surface area contributed by atoms with Crippen LogP contribution in [0.25, 0.3) is 0 Å². The molecule has 0 heterocycles. The van der Waals surface area contributed by atoms with Crippen LogP contribution in [0.2, 0.25) is 0 Å². The standard InChI is InChI=1S/C14H22ClNO3S/c1-12(10-15)11-20(17,18)16(3)8-9-19-14-7-5-4-6-13(14)2/h4-7,12H,8-11H2,1-3H3. The SMILES string of the molecule is Cc1ccccc1OCCN(C)S(=O)(=O)CC(C)CCl. The summed E-state index contributed by atoms with van der Waals surface area (Å²) in [5.74, 6) is 1.14. The average Bonchev–Trinajstić information content (AvgIpc) is 2.40. The lowest BCUT2D eigenvalue weighted by molar-refractivity contribution is 0.285. The molecule has 6 heteroatoms. The minimum absolute atomic E-state index is 0.0543. The average molecular weight is 320 g/mol. The van der Waals surface area contributed by atoms with Crippen LogP contribution in [-0.4, -0.2) is 44.6 Å². The number of aryl methyl sites for hydroxylation is 1. The van der Waals surface area contributed by atoms with Crippen molar-refractivity contribution >= 4 is 21.6 Å². The smallest absolute Gasteiger partial charge is 0.214 e. The van der Waals surface area contributed by atoms with E-state index in [4.69, 9.17) is 16.3 Å². The van der Waals surface area contributed by atoms with Crippen molar-refractivity contribution in [2.24, 2.45) is 5.92 Å². The minimum atomic E-state index is -3.27. The fourth-order valence-corrected chi connectivity index (χ4v) is 3.36. The summed E-state index contributed by atoms with van der Waals surface area (Å²) in [5.41, 5.74) is 1.04. The molecule has 0 saturated heterocycles. The van der Waals surface area contributed by atoms with E-state index in [0.717, 1.165) is 11.3 Å². The summed E-state index contributed by atoms with van der Waals surface area (Å²) in [6.07, 6.45) is 0. The van der Waals surface area contributed by atoms with Crippen molar-refractivity contribution in [3.8, 4) is 5.75 Å². The van der Waals surface area contributed by atoms with Gasteiger partial charge < -0.3 is 4.74 Å². The van der Waals surface area contributed by atoms with Gasteiger partial charge in [-0.1, -0.05) is 25.1 Å². The third-order valence-corrected chi connectivity index (χ3v) is 5.64. The maximum Gasteiger partial charge on any atom is 0.214 e. The fourth-order valence-electron chi connectivity index (χ4n) is 1.67. The number of hydrogen-bond donors (Lipinski definition) is 0. The highest BCUT2D eigenvalue weighted by Gasteiger charge is 2.20. The molecular formula is C14H22ClNO3S. The summed E-state index contributed by atoms with van der Waals surface area (Å²) in [5, 5.41) is 0. The summed E-state index contributed by atoms with van der Waals surface area (Å²) in [6, 6.07) is 7.66. The van der Waals surface area contributed by atoms with Crippen LogP contribution in [0.3, 0.4) is 0 Å². The van der Waals surface area contributed by atoms with Crippen molar-refractivity contribution in [2.45, 2.75) is 13.8 Å². The number of hydrogen-bond acceptors (Lipinski definition) is 3. The second-order valence-electron chi connectivity index (χ2n) is 4.97. The summed E-state index contributed by atoms with van der Waals surface area (Å²) >= 11 is 5.66. The molecule has 0 aromatic heterocycles. The van der Waals surface area contributed by atoms with Crippen LogP contribution in [-0.2, 0) is 10.0 Å². The number of likely N-dealkylation sites (N-methyl/N-ethyl adjacent to an activating group) is 1. The van der Waals surface area contributed by atoms with Crippen molar-refractivity contribution in [3.63, 3.8) is 0 Å². The molecule has 20 heavy (non-hydrogen) atoms. The van der Waals surface area contributed by atoms with Gasteiger partial charge in [-0.05, 0) is 24.5 Å². The van der Waals surface area contributed by atoms with Gasteiger partial charge in [0, 0.05) is 19.5 Å². The Balaban J connectivity index is 2.47. The van der Waals surface area contributed by atoms with E-state index in [2.05, 4.69) is 0 Å². The highest BCUT2D eigenvalue weighted by Crippen LogP contribution is 2.16. The monoisotopic (exact) mass is 319 g/mol. The predicted octanol–water partition coefficient (Wildman–Crippen LogP) is 2.51. The number of nitrogens with zero attached hydrogens (tertiary/aromatic N) is 1. The second-order valence-corrected chi connectivity index (χ2v) is 7.40. The molecule has 1 atom stereocenters. The Morgan fingerprint density at radius 1 is 1.35 bits per heavy atom. The number of para-hydroxylation sites is 1. The molecule has 0 bridgehead atoms. The number of halogens is 1. The quantitative estimate of drug-likeness (QED) is 0.692. The Morgan fingerprint density at radius 2 is 2.00 bits per heavy atom. The van der Waals surface area contributed by atoms with Crippen LogP contribution in [0.5, 0.6) is 5.75 Å². The molecular weight excluding hydrogens is 298 g/mol. The highest BCUT2D eigenvalue weighted by atomic mass is 35.5. The summed E-state index contributed by atoms with van der Waals surface area (Å²) in [6.45, 7) is 4.43. The molecule has 114 valence electrons. The molecule has 0 amide bonds. The van der Waals surface area contributed by atoms with Crippen LogP contribution in [0.15, 0.2) is 24.3 Å². The number of rotatable bonds is 8. The molecule has 0 saturated carbocycles. The first-order valence-corrected chi connectivity index (χ1v) is 8.69. The van der Waals surface area contributed by atoms with Gasteiger partial charge in [0.05, 0.1) is 5.75 Å². The Labute approximate surface area is 126 Å². The van der Waals surface area contributed by atoms with Crippen LogP contribution in [0.4, 0.5) is 0 Å². The molecule has 0 aliphatic carbocycles. The van der Waals surface area contributed by atoms with Gasteiger partial charge in [0.25, 0.3) is 0 Å². The summed E-state index contributed by atoms with van der Waals surface area (Å²) < 4.78 is 31.0. The summed E-state index contributed by atoms with van der Waals surface area (Å²) in [7, 11) is -1.70. The number of alkyl halides is 1. The van der Waals surface area contributed by atoms with E-state index >= 15 is 0 Å². The molecule has 1 aromatic rings. The maximum absolute atomic E-state index is 12.0. The van der Waals surface area contributed by atoms with E-state index in [0.29, 0.717) is 19.0 Å². The Bertz CT molecular complexity index is 519. The zero-order valence-corrected chi connectivity index (χ0v) is 13.7. The van der Waals surface area contributed by atoms with E-state index < -0.39 is 10.0 Å². The fraction of sp³-hybridized carbons (Fsp3) is 0.571. The number of ether oxygens (including phenoxy) is 1. The lowest BCUT2D eigenvalue weighted by Gasteiger charge is -2.19. The van der Waals surface area contributed by atoms with E-state index in [-0.39, 0.29) is 11.7 Å². The van der Waals surface area contributed by atoms with Crippen molar-refractivity contribution in [1.29, 1.82) is 0 Å². The zero-order valence-electron chi connectivity index (χ0n) is 12.2. The zero-order chi connectivity index (χ0) is 15.2. The molecule has 0 spiro atoms. The predicted molar refractivity (Wildman–Crippen MR) is 83.0 cm³/mol. The lowest BCUT2D eigenvalue weighted by atomic mass is 10.2. The van der Waals surface area contributed by atoms with E-state index in [9.17, 15) is 8.42 Å². The van der Waals surface area contributed by atoms with Crippen molar-refractivity contribution < 1.29 is 13.2 Å². The van der Waals surface area contributed by atoms with Crippen molar-refractivity contribution in [3.05, 3.63) is 29.8 Å². The first-order valence-electron chi connectivity index (χ1n) is 6.55. The molecule has 1 unspecified atom stereocenters. The van der Waals surface area contributed by atoms with E-state index in [1.165, 1.54) is 4.31 Å². The normalized spacial score (nSPS) is 13.4. The first-order chi connectivity index (χ1) is 9.36. The Hall–Kier alpha value is -0.780. The van der Waals surface area contributed by atoms with Gasteiger partial charge in [-0.25, -0.2) is 12.7 Å². The van der Waals surface area contributed by atoms with Gasteiger partial charge in [0.15, 0.2) is 0 Å². The van der Waals surface area contributed by atoms with Gasteiger partial charge >= 0.3 is 0 Å². The largest absolute Gasteiger partial charge is 0.492 e. The van der Waals surface area contributed by atoms with Crippen LogP contribution in [0.1, 0.15) is 12.5 Å². The molecule has 0 aliphatic rings. The Morgan fingerprint density at radius 3 is 2.60 bits per heavy atom.